The fraction of sp³-hybridized carbons (Fsp3) is 0.125. The van der Waals surface area contributed by atoms with Crippen LogP contribution in [-0.2, 0) is 4.79 Å². The molecule has 0 N–H and O–H groups in total. The number of anilines is 1. The maximum absolute atomic E-state index is 11.9. The molecular weight excluding hydrogens is 236 g/mol. The molecule has 1 aliphatic heterocycles. The second-order valence-electron chi connectivity index (χ2n) is 4.55. The molecule has 0 saturated carbocycles. The third-order valence-electron chi connectivity index (χ3n) is 3.37. The molecule has 1 atom stereocenters. The summed E-state index contributed by atoms with van der Waals surface area (Å²) in [6.07, 6.45) is 1.41. The van der Waals surface area contributed by atoms with Gasteiger partial charge in [-0.25, -0.2) is 0 Å². The molecule has 0 saturated heterocycles. The first-order chi connectivity index (χ1) is 9.27. The maximum Gasteiger partial charge on any atom is 0.268 e. The Morgan fingerprint density at radius 2 is 1.68 bits per heavy atom. The molecule has 2 aromatic carbocycles. The van der Waals surface area contributed by atoms with Gasteiger partial charge in [-0.15, -0.1) is 0 Å². The van der Waals surface area contributed by atoms with Crippen LogP contribution in [0.5, 0.6) is 0 Å². The van der Waals surface area contributed by atoms with Crippen molar-refractivity contribution in [2.75, 3.05) is 11.9 Å². The second-order valence-corrected chi connectivity index (χ2v) is 4.55. The van der Waals surface area contributed by atoms with Crippen molar-refractivity contribution in [1.29, 1.82) is 0 Å². The number of carbonyl (C=O) groups is 1. The summed E-state index contributed by atoms with van der Waals surface area (Å²) in [5, 5.41) is 0. The Bertz CT molecular complexity index is 634. The normalized spacial score (nSPS) is 18.1. The van der Waals surface area contributed by atoms with Gasteiger partial charge in [0.25, 0.3) is 5.91 Å². The molecule has 0 aliphatic carbocycles. The van der Waals surface area contributed by atoms with Crippen LogP contribution in [0.3, 0.4) is 0 Å². The maximum atomic E-state index is 11.9. The van der Waals surface area contributed by atoms with E-state index >= 15 is 0 Å². The third-order valence-corrected chi connectivity index (χ3v) is 3.37. The largest absolute Gasteiger partial charge is 0.310 e. The van der Waals surface area contributed by atoms with Crippen LogP contribution >= 0.6 is 0 Å². The molecule has 1 aliphatic rings. The van der Waals surface area contributed by atoms with Gasteiger partial charge in [0.1, 0.15) is 6.04 Å². The molecule has 0 radical (unpaired) electrons. The number of para-hydroxylation sites is 1. The van der Waals surface area contributed by atoms with E-state index in [9.17, 15) is 4.79 Å². The number of carbonyl (C=O) groups excluding carboxylic acids is 1. The summed E-state index contributed by atoms with van der Waals surface area (Å²) in [6.45, 7) is 0. The average Bonchev–Trinajstić information content (AvgIpc) is 2.59. The molecule has 1 heterocycles. The summed E-state index contributed by atoms with van der Waals surface area (Å²) in [6, 6.07) is 17.8. The number of hydrogen-bond acceptors (Lipinski definition) is 2. The third kappa shape index (κ3) is 2.03. The zero-order chi connectivity index (χ0) is 13.2. The topological polar surface area (TPSA) is 32.7 Å². The van der Waals surface area contributed by atoms with Crippen molar-refractivity contribution in [3.05, 3.63) is 65.7 Å². The summed E-state index contributed by atoms with van der Waals surface area (Å²) in [7, 11) is 1.78. The minimum Gasteiger partial charge on any atom is -0.310 e. The molecule has 1 amide bonds. The number of aliphatic imine (C=N–C) groups is 1. The predicted octanol–water partition coefficient (Wildman–Crippen LogP) is 2.82. The summed E-state index contributed by atoms with van der Waals surface area (Å²) < 4.78 is 0. The summed E-state index contributed by atoms with van der Waals surface area (Å²) in [5.41, 5.74) is 3.06. The molecule has 2 aromatic rings. The van der Waals surface area contributed by atoms with E-state index in [-0.39, 0.29) is 11.9 Å². The first-order valence-corrected chi connectivity index (χ1v) is 6.22. The molecule has 3 nitrogen and oxygen atoms in total. The molecule has 19 heavy (non-hydrogen) atoms. The minimum absolute atomic E-state index is 0.0918. The van der Waals surface area contributed by atoms with E-state index < -0.39 is 0 Å². The quantitative estimate of drug-likeness (QED) is 0.766. The fourth-order valence-electron chi connectivity index (χ4n) is 2.35. The smallest absolute Gasteiger partial charge is 0.268 e. The highest BCUT2D eigenvalue weighted by molar-refractivity contribution is 6.33. The molecule has 0 spiro atoms. The monoisotopic (exact) mass is 250 g/mol. The molecule has 0 bridgehead atoms. The van der Waals surface area contributed by atoms with E-state index in [4.69, 9.17) is 0 Å². The van der Waals surface area contributed by atoms with Gasteiger partial charge in [-0.1, -0.05) is 48.5 Å². The molecule has 0 fully saturated rings. The van der Waals surface area contributed by atoms with E-state index in [1.54, 1.807) is 11.9 Å². The fourth-order valence-corrected chi connectivity index (χ4v) is 2.35. The van der Waals surface area contributed by atoms with Crippen molar-refractivity contribution in [2.24, 2.45) is 4.99 Å². The van der Waals surface area contributed by atoms with Crippen LogP contribution in [0.25, 0.3) is 0 Å². The van der Waals surface area contributed by atoms with Gasteiger partial charge in [-0.05, 0) is 11.6 Å². The van der Waals surface area contributed by atoms with Crippen LogP contribution in [0.2, 0.25) is 0 Å². The Kier molecular flexibility index (Phi) is 2.88. The predicted molar refractivity (Wildman–Crippen MR) is 76.6 cm³/mol. The van der Waals surface area contributed by atoms with Crippen molar-refractivity contribution in [2.45, 2.75) is 6.04 Å². The lowest BCUT2D eigenvalue weighted by molar-refractivity contribution is -0.111. The zero-order valence-corrected chi connectivity index (χ0v) is 10.7. The highest BCUT2D eigenvalue weighted by Gasteiger charge is 2.23. The SMILES string of the molecule is CN1C(=O)C=NC(c2ccccc2)c2ccccc21. The number of nitrogens with zero attached hydrogens (tertiary/aromatic N) is 2. The number of fused-ring (bicyclic) bond motifs is 1. The van der Waals surface area contributed by atoms with Crippen LogP contribution in [0.1, 0.15) is 17.2 Å². The van der Waals surface area contributed by atoms with E-state index in [0.29, 0.717) is 0 Å². The highest BCUT2D eigenvalue weighted by Crippen LogP contribution is 2.34. The second kappa shape index (κ2) is 4.69. The minimum atomic E-state index is -0.119. The Hall–Kier alpha value is -2.42. The molecule has 1 unspecified atom stereocenters. The first-order valence-electron chi connectivity index (χ1n) is 6.22. The summed E-state index contributed by atoms with van der Waals surface area (Å²) >= 11 is 0. The van der Waals surface area contributed by atoms with E-state index in [1.165, 1.54) is 6.21 Å². The standard InChI is InChI=1S/C16H14N2O/c1-18-14-10-6-5-9-13(14)16(17-11-15(18)19)12-7-3-2-4-8-12/h2-11,16H,1H3. The van der Waals surface area contributed by atoms with Gasteiger partial charge in [0.05, 0.1) is 6.21 Å². The van der Waals surface area contributed by atoms with Crippen LogP contribution in [0.4, 0.5) is 5.69 Å². The van der Waals surface area contributed by atoms with Crippen molar-refractivity contribution in [3.63, 3.8) is 0 Å². The van der Waals surface area contributed by atoms with Gasteiger partial charge in [0, 0.05) is 18.3 Å². The Balaban J connectivity index is 2.18. The molecular formula is C16H14N2O. The lowest BCUT2D eigenvalue weighted by atomic mass is 9.97. The van der Waals surface area contributed by atoms with Crippen LogP contribution < -0.4 is 4.90 Å². The molecule has 3 heteroatoms. The van der Waals surface area contributed by atoms with E-state index in [2.05, 4.69) is 4.99 Å². The molecule has 0 aromatic heterocycles. The first kappa shape index (κ1) is 11.7. The lowest BCUT2D eigenvalue weighted by Crippen LogP contribution is -2.26. The molecule has 94 valence electrons. The Labute approximate surface area is 112 Å². The number of rotatable bonds is 1. The average molecular weight is 250 g/mol. The number of benzene rings is 2. The van der Waals surface area contributed by atoms with Gasteiger partial charge in [-0.2, -0.15) is 0 Å². The van der Waals surface area contributed by atoms with Crippen molar-refractivity contribution >= 4 is 17.8 Å². The Morgan fingerprint density at radius 1 is 1.00 bits per heavy atom. The Morgan fingerprint density at radius 3 is 2.47 bits per heavy atom. The zero-order valence-electron chi connectivity index (χ0n) is 10.7. The van der Waals surface area contributed by atoms with Crippen LogP contribution in [0, 0.1) is 0 Å². The number of amides is 1. The summed E-state index contributed by atoms with van der Waals surface area (Å²) in [4.78, 5) is 18.0. The van der Waals surface area contributed by atoms with Gasteiger partial charge in [0.2, 0.25) is 0 Å². The lowest BCUT2D eigenvalue weighted by Gasteiger charge is -2.19. The van der Waals surface area contributed by atoms with E-state index in [0.717, 1.165) is 16.8 Å². The van der Waals surface area contributed by atoms with Crippen LogP contribution in [0.15, 0.2) is 59.6 Å². The molecule has 3 rings (SSSR count). The van der Waals surface area contributed by atoms with Gasteiger partial charge < -0.3 is 4.90 Å². The summed E-state index contributed by atoms with van der Waals surface area (Å²) in [5.74, 6) is -0.0918. The van der Waals surface area contributed by atoms with Crippen molar-refractivity contribution in [3.8, 4) is 0 Å². The van der Waals surface area contributed by atoms with Gasteiger partial charge in [0.15, 0.2) is 0 Å². The van der Waals surface area contributed by atoms with E-state index in [1.807, 2.05) is 54.6 Å². The van der Waals surface area contributed by atoms with Gasteiger partial charge in [-0.3, -0.25) is 9.79 Å². The number of hydrogen-bond donors (Lipinski definition) is 0. The highest BCUT2D eigenvalue weighted by atomic mass is 16.2. The van der Waals surface area contributed by atoms with Crippen molar-refractivity contribution in [1.82, 2.24) is 0 Å². The van der Waals surface area contributed by atoms with Crippen LogP contribution in [-0.4, -0.2) is 19.2 Å². The van der Waals surface area contributed by atoms with Crippen molar-refractivity contribution < 1.29 is 4.79 Å². The van der Waals surface area contributed by atoms with Gasteiger partial charge >= 0.3 is 0 Å².